The van der Waals surface area contributed by atoms with Crippen LogP contribution in [-0.4, -0.2) is 50.3 Å². The maximum atomic E-state index is 11.6. The van der Waals surface area contributed by atoms with Gasteiger partial charge in [0.1, 0.15) is 5.75 Å². The molecule has 1 aromatic rings. The molecular weight excluding hydrogens is 316 g/mol. The van der Waals surface area contributed by atoms with Crippen molar-refractivity contribution >= 4 is 5.91 Å². The zero-order chi connectivity index (χ0) is 18.0. The minimum Gasteiger partial charge on any atom is -0.484 e. The molecule has 1 amide bonds. The zero-order valence-corrected chi connectivity index (χ0v) is 15.7. The summed E-state index contributed by atoms with van der Waals surface area (Å²) < 4.78 is 11.6. The van der Waals surface area contributed by atoms with Crippen LogP contribution in [-0.2, 0) is 16.1 Å². The Kier molecular flexibility index (Phi) is 5.35. The fraction of sp³-hybridized carbons (Fsp3) is 0.650. The molecule has 5 nitrogen and oxygen atoms in total. The number of carbonyl (C=O) groups is 1. The summed E-state index contributed by atoms with van der Waals surface area (Å²) in [7, 11) is 3.46. The van der Waals surface area contributed by atoms with Crippen LogP contribution in [0.4, 0.5) is 0 Å². The summed E-state index contributed by atoms with van der Waals surface area (Å²) >= 11 is 0. The Balaban J connectivity index is 1.55. The second kappa shape index (κ2) is 7.34. The Bertz CT molecular complexity index is 615. The van der Waals surface area contributed by atoms with Crippen molar-refractivity contribution in [2.24, 2.45) is 11.3 Å². The van der Waals surface area contributed by atoms with E-state index < -0.39 is 0 Å². The summed E-state index contributed by atoms with van der Waals surface area (Å²) in [6.07, 6.45) is 2.81. The highest BCUT2D eigenvalue weighted by Crippen LogP contribution is 2.51. The molecule has 0 spiro atoms. The van der Waals surface area contributed by atoms with Gasteiger partial charge in [-0.2, -0.15) is 0 Å². The lowest BCUT2D eigenvalue weighted by molar-refractivity contribution is -0.192. The number of ether oxygens (including phenoxy) is 2. The van der Waals surface area contributed by atoms with Crippen LogP contribution >= 0.6 is 0 Å². The quantitative estimate of drug-likeness (QED) is 0.860. The van der Waals surface area contributed by atoms with Gasteiger partial charge >= 0.3 is 0 Å². The van der Waals surface area contributed by atoms with Crippen molar-refractivity contribution in [2.75, 3.05) is 27.3 Å². The fourth-order valence-electron chi connectivity index (χ4n) is 4.18. The highest BCUT2D eigenvalue weighted by atomic mass is 16.5. The van der Waals surface area contributed by atoms with E-state index in [1.807, 2.05) is 18.2 Å². The van der Waals surface area contributed by atoms with Crippen LogP contribution in [0.25, 0.3) is 0 Å². The molecule has 0 aromatic heterocycles. The number of amides is 1. The number of fused-ring (bicyclic) bond motifs is 1. The Morgan fingerprint density at radius 2 is 2.20 bits per heavy atom. The highest BCUT2D eigenvalue weighted by Gasteiger charge is 2.57. The van der Waals surface area contributed by atoms with Crippen molar-refractivity contribution in [3.05, 3.63) is 29.8 Å². The molecule has 3 rings (SSSR count). The number of carbonyl (C=O) groups excluding carboxylic acids is 1. The highest BCUT2D eigenvalue weighted by molar-refractivity contribution is 5.77. The van der Waals surface area contributed by atoms with Crippen LogP contribution in [0.5, 0.6) is 5.75 Å². The average molecular weight is 346 g/mol. The molecule has 1 saturated heterocycles. The van der Waals surface area contributed by atoms with Crippen LogP contribution < -0.4 is 10.1 Å². The first-order valence-electron chi connectivity index (χ1n) is 9.16. The summed E-state index contributed by atoms with van der Waals surface area (Å²) in [4.78, 5) is 13.2. The SMILES string of the molecule is CN(C)C(=O)COc1cccc(CNC2C3CCCOC3C2(C)C)c1. The first kappa shape index (κ1) is 18.2. The van der Waals surface area contributed by atoms with Crippen molar-refractivity contribution in [1.29, 1.82) is 0 Å². The minimum atomic E-state index is -0.0388. The Morgan fingerprint density at radius 3 is 2.96 bits per heavy atom. The Hall–Kier alpha value is -1.59. The van der Waals surface area contributed by atoms with Gasteiger partial charge in [-0.05, 0) is 30.5 Å². The van der Waals surface area contributed by atoms with Gasteiger partial charge in [-0.1, -0.05) is 26.0 Å². The number of benzene rings is 1. The van der Waals surface area contributed by atoms with Gasteiger partial charge in [-0.15, -0.1) is 0 Å². The Morgan fingerprint density at radius 1 is 1.40 bits per heavy atom. The van der Waals surface area contributed by atoms with Crippen LogP contribution in [0.15, 0.2) is 24.3 Å². The minimum absolute atomic E-state index is 0.0388. The van der Waals surface area contributed by atoms with Crippen molar-refractivity contribution in [3.8, 4) is 5.75 Å². The topological polar surface area (TPSA) is 50.8 Å². The van der Waals surface area contributed by atoms with E-state index in [2.05, 4.69) is 25.2 Å². The van der Waals surface area contributed by atoms with E-state index in [9.17, 15) is 4.79 Å². The lowest BCUT2D eigenvalue weighted by Gasteiger charge is -2.60. The molecule has 1 aliphatic carbocycles. The summed E-state index contributed by atoms with van der Waals surface area (Å²) in [5.41, 5.74) is 1.35. The van der Waals surface area contributed by atoms with Gasteiger partial charge in [0.2, 0.25) is 0 Å². The molecule has 2 fully saturated rings. The second-order valence-corrected chi connectivity index (χ2v) is 8.00. The van der Waals surface area contributed by atoms with E-state index in [0.29, 0.717) is 18.1 Å². The maximum absolute atomic E-state index is 11.6. The van der Waals surface area contributed by atoms with Crippen molar-refractivity contribution in [1.82, 2.24) is 10.2 Å². The van der Waals surface area contributed by atoms with E-state index in [-0.39, 0.29) is 17.9 Å². The number of nitrogens with zero attached hydrogens (tertiary/aromatic N) is 1. The molecule has 3 unspecified atom stereocenters. The molecule has 1 N–H and O–H groups in total. The number of hydrogen-bond donors (Lipinski definition) is 1. The molecule has 2 aliphatic rings. The van der Waals surface area contributed by atoms with Gasteiger partial charge in [0.05, 0.1) is 6.10 Å². The van der Waals surface area contributed by atoms with Crippen molar-refractivity contribution in [3.63, 3.8) is 0 Å². The van der Waals surface area contributed by atoms with Crippen LogP contribution in [0.3, 0.4) is 0 Å². The number of rotatable bonds is 6. The van der Waals surface area contributed by atoms with E-state index >= 15 is 0 Å². The molecule has 1 saturated carbocycles. The molecule has 5 heteroatoms. The van der Waals surface area contributed by atoms with Crippen molar-refractivity contribution in [2.45, 2.75) is 45.4 Å². The van der Waals surface area contributed by atoms with Gasteiger partial charge in [-0.3, -0.25) is 4.79 Å². The average Bonchev–Trinajstić information content (AvgIpc) is 2.60. The molecule has 0 radical (unpaired) electrons. The molecule has 1 aliphatic heterocycles. The van der Waals surface area contributed by atoms with Crippen LogP contribution in [0.1, 0.15) is 32.3 Å². The molecular formula is C20H30N2O3. The van der Waals surface area contributed by atoms with E-state index in [0.717, 1.165) is 18.9 Å². The van der Waals surface area contributed by atoms with Crippen LogP contribution in [0.2, 0.25) is 0 Å². The number of likely N-dealkylation sites (N-methyl/N-ethyl adjacent to an activating group) is 1. The molecule has 3 atom stereocenters. The lowest BCUT2D eigenvalue weighted by Crippen LogP contribution is -2.69. The van der Waals surface area contributed by atoms with Gasteiger partial charge < -0.3 is 19.7 Å². The largest absolute Gasteiger partial charge is 0.484 e. The third kappa shape index (κ3) is 3.82. The predicted octanol–water partition coefficient (Wildman–Crippen LogP) is 2.45. The monoisotopic (exact) mass is 346 g/mol. The first-order chi connectivity index (χ1) is 11.9. The molecule has 1 heterocycles. The van der Waals surface area contributed by atoms with Gasteiger partial charge in [0.15, 0.2) is 6.61 Å². The smallest absolute Gasteiger partial charge is 0.259 e. The van der Waals surface area contributed by atoms with Gasteiger partial charge in [0, 0.05) is 44.6 Å². The summed E-state index contributed by atoms with van der Waals surface area (Å²) in [5.74, 6) is 1.32. The molecule has 138 valence electrons. The maximum Gasteiger partial charge on any atom is 0.259 e. The second-order valence-electron chi connectivity index (χ2n) is 8.00. The van der Waals surface area contributed by atoms with E-state index in [1.54, 1.807) is 14.1 Å². The molecule has 0 bridgehead atoms. The number of nitrogens with one attached hydrogen (secondary N) is 1. The van der Waals surface area contributed by atoms with E-state index in [1.165, 1.54) is 23.3 Å². The summed E-state index contributed by atoms with van der Waals surface area (Å²) in [6.45, 7) is 6.37. The zero-order valence-electron chi connectivity index (χ0n) is 15.7. The predicted molar refractivity (Wildman–Crippen MR) is 97.5 cm³/mol. The molecule has 25 heavy (non-hydrogen) atoms. The fourth-order valence-corrected chi connectivity index (χ4v) is 4.18. The van der Waals surface area contributed by atoms with Crippen LogP contribution in [0, 0.1) is 11.3 Å². The summed E-state index contributed by atoms with van der Waals surface area (Å²) in [6, 6.07) is 8.46. The van der Waals surface area contributed by atoms with E-state index in [4.69, 9.17) is 9.47 Å². The van der Waals surface area contributed by atoms with Crippen molar-refractivity contribution < 1.29 is 14.3 Å². The number of hydrogen-bond acceptors (Lipinski definition) is 4. The third-order valence-electron chi connectivity index (χ3n) is 5.62. The Labute approximate surface area is 150 Å². The van der Waals surface area contributed by atoms with Gasteiger partial charge in [0.25, 0.3) is 5.91 Å². The first-order valence-corrected chi connectivity index (χ1v) is 9.16. The normalized spacial score (nSPS) is 27.1. The van der Waals surface area contributed by atoms with Gasteiger partial charge in [-0.25, -0.2) is 0 Å². The lowest BCUT2D eigenvalue weighted by atomic mass is 9.55. The third-order valence-corrected chi connectivity index (χ3v) is 5.62. The molecule has 1 aromatic carbocycles. The standard InChI is InChI=1S/C20H30N2O3/c1-20(2)18(16-9-6-10-24-19(16)20)21-12-14-7-5-8-15(11-14)25-13-17(23)22(3)4/h5,7-8,11,16,18-19,21H,6,9-10,12-13H2,1-4H3. The summed E-state index contributed by atoms with van der Waals surface area (Å²) in [5, 5.41) is 3.72.